The summed E-state index contributed by atoms with van der Waals surface area (Å²) in [6.07, 6.45) is 3.28. The number of benzene rings is 2. The molecule has 4 rings (SSSR count). The van der Waals surface area contributed by atoms with Crippen LogP contribution in [-0.4, -0.2) is 33.3 Å². The third-order valence-corrected chi connectivity index (χ3v) is 6.13. The van der Waals surface area contributed by atoms with Gasteiger partial charge in [-0.3, -0.25) is 14.6 Å². The van der Waals surface area contributed by atoms with E-state index in [-0.39, 0.29) is 17.9 Å². The first-order valence-electron chi connectivity index (χ1n) is 10.3. The van der Waals surface area contributed by atoms with E-state index < -0.39 is 17.7 Å². The molecular formula is C25H20BrClN2O4. The highest BCUT2D eigenvalue weighted by Crippen LogP contribution is 2.41. The summed E-state index contributed by atoms with van der Waals surface area (Å²) in [7, 11) is 0. The highest BCUT2D eigenvalue weighted by Gasteiger charge is 2.46. The molecule has 1 aliphatic heterocycles. The molecule has 6 nitrogen and oxygen atoms in total. The van der Waals surface area contributed by atoms with Crippen molar-refractivity contribution >= 4 is 45.0 Å². The van der Waals surface area contributed by atoms with Gasteiger partial charge in [0.25, 0.3) is 11.7 Å². The summed E-state index contributed by atoms with van der Waals surface area (Å²) in [6.45, 7) is 2.44. The standard InChI is InChI=1S/C25H20BrClN2O4/c1-2-33-20-10-7-17(12-19(20)27)23(30)21-22(16-5-8-18(26)9-6-16)29(25(32)24(21)31)14-15-4-3-11-28-13-15/h3-13,22,30H,2,14H2,1H3/b23-21-. The monoisotopic (exact) mass is 526 g/mol. The Morgan fingerprint density at radius 2 is 1.94 bits per heavy atom. The van der Waals surface area contributed by atoms with Gasteiger partial charge < -0.3 is 14.7 Å². The number of hydrogen-bond donors (Lipinski definition) is 1. The van der Waals surface area contributed by atoms with Crippen LogP contribution in [0.25, 0.3) is 5.76 Å². The molecular weight excluding hydrogens is 508 g/mol. The number of hydrogen-bond acceptors (Lipinski definition) is 5. The minimum atomic E-state index is -0.774. The zero-order valence-electron chi connectivity index (χ0n) is 17.7. The fraction of sp³-hybridized carbons (Fsp3) is 0.160. The molecule has 1 fully saturated rings. The van der Waals surface area contributed by atoms with Crippen LogP contribution in [0.5, 0.6) is 5.75 Å². The van der Waals surface area contributed by atoms with E-state index in [4.69, 9.17) is 16.3 Å². The van der Waals surface area contributed by atoms with E-state index in [2.05, 4.69) is 20.9 Å². The van der Waals surface area contributed by atoms with E-state index in [1.165, 1.54) is 11.0 Å². The summed E-state index contributed by atoms with van der Waals surface area (Å²) in [6, 6.07) is 14.9. The number of rotatable bonds is 6. The van der Waals surface area contributed by atoms with Gasteiger partial charge in [-0.05, 0) is 54.4 Å². The number of ether oxygens (including phenoxy) is 1. The van der Waals surface area contributed by atoms with Gasteiger partial charge in [-0.1, -0.05) is 45.7 Å². The van der Waals surface area contributed by atoms with Crippen molar-refractivity contribution in [1.82, 2.24) is 9.88 Å². The van der Waals surface area contributed by atoms with Crippen LogP contribution in [0.15, 0.2) is 77.0 Å². The third-order valence-electron chi connectivity index (χ3n) is 5.31. The SMILES string of the molecule is CCOc1ccc(/C(O)=C2/C(=O)C(=O)N(Cc3cccnc3)C2c2ccc(Br)cc2)cc1Cl. The van der Waals surface area contributed by atoms with Crippen molar-refractivity contribution in [2.45, 2.75) is 19.5 Å². The van der Waals surface area contributed by atoms with Gasteiger partial charge in [-0.2, -0.15) is 0 Å². The largest absolute Gasteiger partial charge is 0.507 e. The summed E-state index contributed by atoms with van der Waals surface area (Å²) in [5, 5.41) is 11.5. The molecule has 0 radical (unpaired) electrons. The molecule has 1 aromatic heterocycles. The first kappa shape index (κ1) is 23.0. The van der Waals surface area contributed by atoms with Crippen LogP contribution in [0.3, 0.4) is 0 Å². The Kier molecular flexibility index (Phi) is 6.81. The summed E-state index contributed by atoms with van der Waals surface area (Å²) >= 11 is 9.71. The fourth-order valence-electron chi connectivity index (χ4n) is 3.80. The van der Waals surface area contributed by atoms with Crippen molar-refractivity contribution in [2.24, 2.45) is 0 Å². The van der Waals surface area contributed by atoms with Crippen LogP contribution in [0.2, 0.25) is 5.02 Å². The summed E-state index contributed by atoms with van der Waals surface area (Å²) < 4.78 is 6.31. The molecule has 0 aliphatic carbocycles. The normalized spacial score (nSPS) is 17.4. The average molecular weight is 528 g/mol. The van der Waals surface area contributed by atoms with Gasteiger partial charge in [0.05, 0.1) is 23.2 Å². The molecule has 1 amide bonds. The third kappa shape index (κ3) is 4.65. The van der Waals surface area contributed by atoms with Gasteiger partial charge in [-0.15, -0.1) is 0 Å². The number of aliphatic hydroxyl groups is 1. The predicted molar refractivity (Wildman–Crippen MR) is 129 cm³/mol. The number of pyridine rings is 1. The van der Waals surface area contributed by atoms with Gasteiger partial charge in [0.15, 0.2) is 0 Å². The molecule has 0 spiro atoms. The lowest BCUT2D eigenvalue weighted by Crippen LogP contribution is -2.29. The Hall–Kier alpha value is -3.16. The molecule has 3 aromatic rings. The minimum Gasteiger partial charge on any atom is -0.507 e. The molecule has 2 heterocycles. The lowest BCUT2D eigenvalue weighted by atomic mass is 9.95. The molecule has 1 aliphatic rings. The minimum absolute atomic E-state index is 0.00596. The van der Waals surface area contributed by atoms with E-state index in [0.717, 1.165) is 10.0 Å². The highest BCUT2D eigenvalue weighted by atomic mass is 79.9. The Labute approximate surface area is 204 Å². The molecule has 33 heavy (non-hydrogen) atoms. The predicted octanol–water partition coefficient (Wildman–Crippen LogP) is 5.52. The van der Waals surface area contributed by atoms with E-state index in [9.17, 15) is 14.7 Å². The van der Waals surface area contributed by atoms with Gasteiger partial charge in [0, 0.05) is 29.0 Å². The summed E-state index contributed by atoms with van der Waals surface area (Å²) in [5.74, 6) is -1.27. The van der Waals surface area contributed by atoms with Gasteiger partial charge in [-0.25, -0.2) is 0 Å². The van der Waals surface area contributed by atoms with E-state index in [0.29, 0.717) is 28.5 Å². The maximum absolute atomic E-state index is 13.1. The second-order valence-corrected chi connectivity index (χ2v) is 8.74. The number of ketones is 1. The van der Waals surface area contributed by atoms with Crippen molar-refractivity contribution in [2.75, 3.05) is 6.61 Å². The Morgan fingerprint density at radius 3 is 2.58 bits per heavy atom. The smallest absolute Gasteiger partial charge is 0.295 e. The first-order chi connectivity index (χ1) is 15.9. The number of carbonyl (C=O) groups excluding carboxylic acids is 2. The molecule has 1 N–H and O–H groups in total. The highest BCUT2D eigenvalue weighted by molar-refractivity contribution is 9.10. The van der Waals surface area contributed by atoms with E-state index in [1.54, 1.807) is 30.6 Å². The van der Waals surface area contributed by atoms with Crippen LogP contribution in [-0.2, 0) is 16.1 Å². The zero-order valence-corrected chi connectivity index (χ0v) is 20.0. The molecule has 168 valence electrons. The Morgan fingerprint density at radius 1 is 1.18 bits per heavy atom. The van der Waals surface area contributed by atoms with Crippen LogP contribution in [0, 0.1) is 0 Å². The molecule has 0 bridgehead atoms. The lowest BCUT2D eigenvalue weighted by molar-refractivity contribution is -0.140. The number of carbonyl (C=O) groups is 2. The van der Waals surface area contributed by atoms with Gasteiger partial charge in [0.1, 0.15) is 11.5 Å². The second-order valence-electron chi connectivity index (χ2n) is 7.42. The lowest BCUT2D eigenvalue weighted by Gasteiger charge is -2.25. The number of aliphatic hydroxyl groups excluding tert-OH is 1. The number of nitrogens with zero attached hydrogens (tertiary/aromatic N) is 2. The van der Waals surface area contributed by atoms with Crippen molar-refractivity contribution in [1.29, 1.82) is 0 Å². The molecule has 1 saturated heterocycles. The molecule has 1 unspecified atom stereocenters. The molecule has 8 heteroatoms. The van der Waals surface area contributed by atoms with Gasteiger partial charge >= 0.3 is 0 Å². The van der Waals surface area contributed by atoms with Crippen molar-refractivity contribution in [3.8, 4) is 5.75 Å². The van der Waals surface area contributed by atoms with Crippen LogP contribution in [0.1, 0.15) is 29.7 Å². The fourth-order valence-corrected chi connectivity index (χ4v) is 4.30. The maximum atomic E-state index is 13.1. The van der Waals surface area contributed by atoms with Crippen molar-refractivity contribution in [3.63, 3.8) is 0 Å². The first-order valence-corrected chi connectivity index (χ1v) is 11.4. The molecule has 1 atom stereocenters. The number of Topliss-reactive ketones (excluding diaryl/α,β-unsaturated/α-hetero) is 1. The van der Waals surface area contributed by atoms with Crippen molar-refractivity contribution < 1.29 is 19.4 Å². The topological polar surface area (TPSA) is 79.7 Å². The van der Waals surface area contributed by atoms with E-state index in [1.807, 2.05) is 37.3 Å². The number of likely N-dealkylation sites (tertiary alicyclic amines) is 1. The Balaban J connectivity index is 1.84. The second kappa shape index (κ2) is 9.77. The van der Waals surface area contributed by atoms with Crippen LogP contribution in [0.4, 0.5) is 0 Å². The number of halogens is 2. The maximum Gasteiger partial charge on any atom is 0.295 e. The van der Waals surface area contributed by atoms with Crippen LogP contribution >= 0.6 is 27.5 Å². The summed E-state index contributed by atoms with van der Waals surface area (Å²) in [5.41, 5.74) is 1.79. The molecule has 0 saturated carbocycles. The van der Waals surface area contributed by atoms with Crippen LogP contribution < -0.4 is 4.74 Å². The average Bonchev–Trinajstić information content (AvgIpc) is 3.06. The molecule has 2 aromatic carbocycles. The van der Waals surface area contributed by atoms with Gasteiger partial charge in [0.2, 0.25) is 0 Å². The Bertz CT molecular complexity index is 1230. The number of amides is 1. The van der Waals surface area contributed by atoms with E-state index >= 15 is 0 Å². The quantitative estimate of drug-likeness (QED) is 0.259. The summed E-state index contributed by atoms with van der Waals surface area (Å²) in [4.78, 5) is 31.7. The van der Waals surface area contributed by atoms with Crippen molar-refractivity contribution in [3.05, 3.63) is 98.7 Å². The zero-order chi connectivity index (χ0) is 23.5. The number of aromatic nitrogens is 1.